The van der Waals surface area contributed by atoms with Crippen LogP contribution in [-0.2, 0) is 0 Å². The van der Waals surface area contributed by atoms with E-state index in [1.54, 1.807) is 5.71 Å². The van der Waals surface area contributed by atoms with Crippen molar-refractivity contribution >= 4 is 5.71 Å². The van der Waals surface area contributed by atoms with Crippen molar-refractivity contribution in [1.82, 2.24) is 10.2 Å². The normalized spacial score (nSPS) is 41.2. The number of fused-ring (bicyclic) bond motifs is 1. The van der Waals surface area contributed by atoms with Gasteiger partial charge in [-0.25, -0.2) is 9.48 Å². The van der Waals surface area contributed by atoms with Gasteiger partial charge in [0, 0.05) is 24.8 Å². The predicted octanol–water partition coefficient (Wildman–Crippen LogP) is 4.50. The summed E-state index contributed by atoms with van der Waals surface area (Å²) in [5.41, 5.74) is 2.05. The third-order valence-electron chi connectivity index (χ3n) is 9.54. The van der Waals surface area contributed by atoms with E-state index in [0.717, 1.165) is 29.7 Å². The summed E-state index contributed by atoms with van der Waals surface area (Å²) in [5, 5.41) is 3.46. The van der Waals surface area contributed by atoms with Gasteiger partial charge in [-0.05, 0) is 70.4 Å². The molecular formula is C24H44N3+. The van der Waals surface area contributed by atoms with Gasteiger partial charge in [-0.15, -0.1) is 0 Å². The van der Waals surface area contributed by atoms with Crippen LogP contribution in [-0.4, -0.2) is 54.1 Å². The molecular weight excluding hydrogens is 330 g/mol. The lowest BCUT2D eigenvalue weighted by molar-refractivity contribution is -0.612. The van der Waals surface area contributed by atoms with Gasteiger partial charge in [-0.3, -0.25) is 0 Å². The molecule has 1 N–H and O–H groups in total. The van der Waals surface area contributed by atoms with Crippen LogP contribution in [0.5, 0.6) is 0 Å². The molecule has 1 aliphatic heterocycles. The second-order valence-corrected chi connectivity index (χ2v) is 10.5. The van der Waals surface area contributed by atoms with Gasteiger partial charge in [0.05, 0.1) is 6.04 Å². The molecule has 0 aromatic heterocycles. The summed E-state index contributed by atoms with van der Waals surface area (Å²) >= 11 is 0. The molecule has 0 radical (unpaired) electrons. The summed E-state index contributed by atoms with van der Waals surface area (Å²) in [6.07, 6.45) is 15.6. The Kier molecular flexibility index (Phi) is 5.73. The van der Waals surface area contributed by atoms with Crippen molar-refractivity contribution in [2.45, 2.75) is 102 Å². The maximum Gasteiger partial charge on any atom is 0.221 e. The largest absolute Gasteiger partial charge is 0.317 e. The number of nitrogens with one attached hydrogen (secondary N) is 1. The monoisotopic (exact) mass is 374 g/mol. The highest BCUT2D eigenvalue weighted by molar-refractivity contribution is 5.87. The Hall–Kier alpha value is -0.410. The van der Waals surface area contributed by atoms with E-state index in [2.05, 4.69) is 49.8 Å². The SMILES string of the molecule is CCC(C)C1(CCC2CC(NC)C2)N(C)C2CCC(C3CCC3)CC2=[N+]1C. The van der Waals surface area contributed by atoms with Crippen LogP contribution in [0.2, 0.25) is 0 Å². The van der Waals surface area contributed by atoms with E-state index in [1.807, 2.05) is 0 Å². The summed E-state index contributed by atoms with van der Waals surface area (Å²) in [6, 6.07) is 1.50. The molecule has 4 aliphatic rings. The first-order chi connectivity index (χ1) is 13.0. The van der Waals surface area contributed by atoms with Crippen molar-refractivity contribution in [3.05, 3.63) is 0 Å². The van der Waals surface area contributed by atoms with Gasteiger partial charge in [-0.1, -0.05) is 33.1 Å². The Bertz CT molecular complexity index is 560. The summed E-state index contributed by atoms with van der Waals surface area (Å²) in [5.74, 6) is 3.70. The van der Waals surface area contributed by atoms with Crippen LogP contribution in [0.1, 0.15) is 84.5 Å². The van der Waals surface area contributed by atoms with E-state index >= 15 is 0 Å². The molecule has 3 fully saturated rings. The zero-order valence-electron chi connectivity index (χ0n) is 18.6. The van der Waals surface area contributed by atoms with Gasteiger partial charge in [0.15, 0.2) is 5.71 Å². The fourth-order valence-electron chi connectivity index (χ4n) is 7.11. The molecule has 27 heavy (non-hydrogen) atoms. The molecule has 4 unspecified atom stereocenters. The molecule has 0 aromatic rings. The van der Waals surface area contributed by atoms with Crippen molar-refractivity contribution in [3.8, 4) is 0 Å². The minimum absolute atomic E-state index is 0.258. The third-order valence-corrected chi connectivity index (χ3v) is 9.54. The predicted molar refractivity (Wildman–Crippen MR) is 114 cm³/mol. The number of hydrogen-bond acceptors (Lipinski definition) is 2. The minimum atomic E-state index is 0.258. The van der Waals surface area contributed by atoms with Gasteiger partial charge in [0.1, 0.15) is 7.05 Å². The third kappa shape index (κ3) is 3.21. The highest BCUT2D eigenvalue weighted by Crippen LogP contribution is 2.47. The Morgan fingerprint density at radius 1 is 1.19 bits per heavy atom. The molecule has 3 nitrogen and oxygen atoms in total. The maximum absolute atomic E-state index is 3.46. The van der Waals surface area contributed by atoms with Crippen molar-refractivity contribution in [2.24, 2.45) is 23.7 Å². The summed E-state index contributed by atoms with van der Waals surface area (Å²) in [6.45, 7) is 4.92. The number of nitrogens with zero attached hydrogens (tertiary/aromatic N) is 2. The van der Waals surface area contributed by atoms with Crippen molar-refractivity contribution in [1.29, 1.82) is 0 Å². The van der Waals surface area contributed by atoms with Crippen LogP contribution in [0, 0.1) is 23.7 Å². The van der Waals surface area contributed by atoms with E-state index in [9.17, 15) is 0 Å². The van der Waals surface area contributed by atoms with Crippen molar-refractivity contribution in [2.75, 3.05) is 21.1 Å². The van der Waals surface area contributed by atoms with Gasteiger partial charge in [0.25, 0.3) is 0 Å². The molecule has 154 valence electrons. The molecule has 0 saturated heterocycles. The second kappa shape index (κ2) is 7.78. The first-order valence-corrected chi connectivity index (χ1v) is 12.0. The highest BCUT2D eigenvalue weighted by Gasteiger charge is 2.59. The molecule has 0 spiro atoms. The number of rotatable bonds is 7. The van der Waals surface area contributed by atoms with E-state index < -0.39 is 0 Å². The highest BCUT2D eigenvalue weighted by atomic mass is 15.4. The average Bonchev–Trinajstić information content (AvgIpc) is 2.80. The molecule has 4 atom stereocenters. The lowest BCUT2D eigenvalue weighted by atomic mass is 9.69. The second-order valence-electron chi connectivity index (χ2n) is 10.5. The topological polar surface area (TPSA) is 18.3 Å². The Morgan fingerprint density at radius 2 is 1.93 bits per heavy atom. The Balaban J connectivity index is 1.53. The van der Waals surface area contributed by atoms with Gasteiger partial charge in [-0.2, -0.15) is 0 Å². The van der Waals surface area contributed by atoms with Crippen molar-refractivity contribution < 1.29 is 4.58 Å². The van der Waals surface area contributed by atoms with Crippen molar-refractivity contribution in [3.63, 3.8) is 0 Å². The van der Waals surface area contributed by atoms with Crippen LogP contribution in [0.4, 0.5) is 0 Å². The van der Waals surface area contributed by atoms with E-state index in [1.165, 1.54) is 70.6 Å². The van der Waals surface area contributed by atoms with Crippen LogP contribution in [0.15, 0.2) is 0 Å². The Labute approximate surface area is 168 Å². The lowest BCUT2D eigenvalue weighted by Crippen LogP contribution is -2.56. The van der Waals surface area contributed by atoms with Crippen LogP contribution < -0.4 is 5.32 Å². The molecule has 0 bridgehead atoms. The molecule has 0 aromatic carbocycles. The first-order valence-electron chi connectivity index (χ1n) is 12.0. The van der Waals surface area contributed by atoms with Gasteiger partial charge < -0.3 is 5.32 Å². The van der Waals surface area contributed by atoms with Gasteiger partial charge >= 0.3 is 0 Å². The zero-order chi connectivity index (χ0) is 19.2. The Morgan fingerprint density at radius 3 is 2.52 bits per heavy atom. The lowest BCUT2D eigenvalue weighted by Gasteiger charge is -2.42. The average molecular weight is 375 g/mol. The molecule has 4 rings (SSSR count). The molecule has 3 heteroatoms. The van der Waals surface area contributed by atoms with E-state index in [4.69, 9.17) is 0 Å². The molecule has 1 heterocycles. The summed E-state index contributed by atoms with van der Waals surface area (Å²) in [4.78, 5) is 2.84. The smallest absolute Gasteiger partial charge is 0.221 e. The van der Waals surface area contributed by atoms with Crippen LogP contribution in [0.25, 0.3) is 0 Å². The standard InChI is InChI=1S/C24H44N3/c1-6-17(2)24(13-12-18-14-21(15-18)25-3)26(4)22-11-10-20(19-8-7-9-19)16-23(22)27(24)5/h17-22,25H,6-16H2,1-5H3/q+1. The zero-order valence-corrected chi connectivity index (χ0v) is 18.6. The fraction of sp³-hybridized carbons (Fsp3) is 0.958. The molecule has 3 saturated carbocycles. The fourth-order valence-corrected chi connectivity index (χ4v) is 7.11. The first kappa shape index (κ1) is 19.9. The molecule has 3 aliphatic carbocycles. The van der Waals surface area contributed by atoms with Crippen LogP contribution in [0.3, 0.4) is 0 Å². The van der Waals surface area contributed by atoms with Crippen LogP contribution >= 0.6 is 0 Å². The summed E-state index contributed by atoms with van der Waals surface area (Å²) < 4.78 is 2.81. The number of hydrogen-bond donors (Lipinski definition) is 1. The molecule has 0 amide bonds. The van der Waals surface area contributed by atoms with E-state index in [-0.39, 0.29) is 5.66 Å². The van der Waals surface area contributed by atoms with Gasteiger partial charge in [0.2, 0.25) is 5.66 Å². The summed E-state index contributed by atoms with van der Waals surface area (Å²) in [7, 11) is 7.04. The minimum Gasteiger partial charge on any atom is -0.317 e. The quantitative estimate of drug-likeness (QED) is 0.661. The maximum atomic E-state index is 3.46. The van der Waals surface area contributed by atoms with E-state index in [0.29, 0.717) is 6.04 Å².